The number of carbonyl (C=O) groups excluding carboxylic acids is 1. The van der Waals surface area contributed by atoms with Gasteiger partial charge in [0, 0.05) is 30.9 Å². The van der Waals surface area contributed by atoms with E-state index in [2.05, 4.69) is 5.38 Å². The average Bonchev–Trinajstić information content (AvgIpc) is 2.59. The zero-order valence-electron chi connectivity index (χ0n) is 7.41. The third kappa shape index (κ3) is 1.56. The molecule has 72 valence electrons. The van der Waals surface area contributed by atoms with E-state index in [1.165, 1.54) is 0 Å². The average molecular weight is 243 g/mol. The van der Waals surface area contributed by atoms with Crippen molar-refractivity contribution in [3.63, 3.8) is 0 Å². The predicted molar refractivity (Wildman–Crippen MR) is 64.0 cm³/mol. The number of benzene rings is 1. The predicted octanol–water partition coefficient (Wildman–Crippen LogP) is 4.09. The standard InChI is InChI=1S/C10H7ClOS2/c1-13-9-5-14-8-3-7(11)2-6(4-12)10(8)9/h2-5H,1H3. The molecule has 1 aromatic carbocycles. The van der Waals surface area contributed by atoms with Crippen LogP contribution in [0.4, 0.5) is 0 Å². The van der Waals surface area contributed by atoms with Gasteiger partial charge in [0.25, 0.3) is 0 Å². The van der Waals surface area contributed by atoms with Crippen molar-refractivity contribution >= 4 is 51.1 Å². The maximum Gasteiger partial charge on any atom is 0.150 e. The highest BCUT2D eigenvalue weighted by atomic mass is 35.5. The topological polar surface area (TPSA) is 17.1 Å². The Hall–Kier alpha value is -0.510. The van der Waals surface area contributed by atoms with Crippen molar-refractivity contribution in [2.24, 2.45) is 0 Å². The normalized spacial score (nSPS) is 10.7. The molecule has 0 atom stereocenters. The van der Waals surface area contributed by atoms with E-state index in [9.17, 15) is 4.79 Å². The van der Waals surface area contributed by atoms with E-state index in [-0.39, 0.29) is 0 Å². The number of thioether (sulfide) groups is 1. The van der Waals surface area contributed by atoms with E-state index in [0.717, 1.165) is 21.3 Å². The number of aldehydes is 1. The fraction of sp³-hybridized carbons (Fsp3) is 0.100. The number of fused-ring (bicyclic) bond motifs is 1. The summed E-state index contributed by atoms with van der Waals surface area (Å²) < 4.78 is 1.07. The lowest BCUT2D eigenvalue weighted by Gasteiger charge is -1.99. The molecule has 2 aromatic rings. The Morgan fingerprint density at radius 2 is 2.29 bits per heavy atom. The van der Waals surface area contributed by atoms with Crippen LogP contribution in [0.2, 0.25) is 5.02 Å². The van der Waals surface area contributed by atoms with Crippen LogP contribution in [-0.2, 0) is 0 Å². The molecule has 0 fully saturated rings. The van der Waals surface area contributed by atoms with E-state index >= 15 is 0 Å². The molecule has 0 aliphatic rings. The Kier molecular flexibility index (Phi) is 2.81. The number of hydrogen-bond acceptors (Lipinski definition) is 3. The highest BCUT2D eigenvalue weighted by Gasteiger charge is 2.09. The Labute approximate surface area is 95.1 Å². The number of rotatable bonds is 2. The minimum atomic E-state index is 0.620. The van der Waals surface area contributed by atoms with Gasteiger partial charge in [-0.2, -0.15) is 0 Å². The minimum Gasteiger partial charge on any atom is -0.298 e. The molecule has 0 bridgehead atoms. The molecular formula is C10H7ClOS2. The highest BCUT2D eigenvalue weighted by molar-refractivity contribution is 7.99. The van der Waals surface area contributed by atoms with Gasteiger partial charge in [0.2, 0.25) is 0 Å². The van der Waals surface area contributed by atoms with Crippen LogP contribution < -0.4 is 0 Å². The van der Waals surface area contributed by atoms with Crippen LogP contribution in [0, 0.1) is 0 Å². The van der Waals surface area contributed by atoms with E-state index in [0.29, 0.717) is 10.6 Å². The zero-order chi connectivity index (χ0) is 10.1. The molecule has 1 heterocycles. The number of hydrogen-bond donors (Lipinski definition) is 0. The highest BCUT2D eigenvalue weighted by Crippen LogP contribution is 2.35. The first kappa shape index (κ1) is 10.0. The lowest BCUT2D eigenvalue weighted by molar-refractivity contribution is 0.112. The smallest absolute Gasteiger partial charge is 0.150 e. The summed E-state index contributed by atoms with van der Waals surface area (Å²) in [5, 5.41) is 3.70. The fourth-order valence-electron chi connectivity index (χ4n) is 1.38. The van der Waals surface area contributed by atoms with E-state index in [1.807, 2.05) is 12.3 Å². The first-order chi connectivity index (χ1) is 6.76. The SMILES string of the molecule is CSc1csc2cc(Cl)cc(C=O)c12. The van der Waals surface area contributed by atoms with Crippen molar-refractivity contribution in [1.82, 2.24) is 0 Å². The first-order valence-electron chi connectivity index (χ1n) is 3.96. The molecule has 0 aliphatic heterocycles. The molecule has 0 saturated heterocycles. The van der Waals surface area contributed by atoms with Gasteiger partial charge >= 0.3 is 0 Å². The summed E-state index contributed by atoms with van der Waals surface area (Å²) in [5.74, 6) is 0. The zero-order valence-corrected chi connectivity index (χ0v) is 9.80. The van der Waals surface area contributed by atoms with Crippen LogP contribution in [-0.4, -0.2) is 12.5 Å². The first-order valence-corrected chi connectivity index (χ1v) is 6.44. The summed E-state index contributed by atoms with van der Waals surface area (Å²) in [6.45, 7) is 0. The van der Waals surface area contributed by atoms with Crippen LogP contribution in [0.3, 0.4) is 0 Å². The number of halogens is 1. The maximum atomic E-state index is 10.9. The van der Waals surface area contributed by atoms with Gasteiger partial charge in [0.1, 0.15) is 0 Å². The minimum absolute atomic E-state index is 0.620. The van der Waals surface area contributed by atoms with Crippen molar-refractivity contribution in [3.05, 3.63) is 28.1 Å². The molecule has 1 nitrogen and oxygen atoms in total. The molecule has 0 unspecified atom stereocenters. The van der Waals surface area contributed by atoms with Gasteiger partial charge in [-0.15, -0.1) is 23.1 Å². The van der Waals surface area contributed by atoms with Crippen molar-refractivity contribution in [2.45, 2.75) is 4.90 Å². The molecule has 0 saturated carbocycles. The Morgan fingerprint density at radius 3 is 2.93 bits per heavy atom. The molecule has 2 rings (SSSR count). The van der Waals surface area contributed by atoms with Crippen LogP contribution in [0.5, 0.6) is 0 Å². The summed E-state index contributed by atoms with van der Waals surface area (Å²) in [6, 6.07) is 3.61. The largest absolute Gasteiger partial charge is 0.298 e. The van der Waals surface area contributed by atoms with Gasteiger partial charge in [-0.05, 0) is 18.4 Å². The molecule has 0 N–H and O–H groups in total. The quantitative estimate of drug-likeness (QED) is 0.583. The molecular weight excluding hydrogens is 236 g/mol. The summed E-state index contributed by atoms with van der Waals surface area (Å²) in [6.07, 6.45) is 2.87. The molecule has 0 spiro atoms. The Bertz CT molecular complexity index is 490. The van der Waals surface area contributed by atoms with Gasteiger partial charge in [-0.25, -0.2) is 0 Å². The van der Waals surface area contributed by atoms with Crippen LogP contribution >= 0.6 is 34.7 Å². The molecule has 0 aliphatic carbocycles. The Morgan fingerprint density at radius 1 is 1.50 bits per heavy atom. The third-order valence-electron chi connectivity index (χ3n) is 1.98. The summed E-state index contributed by atoms with van der Waals surface area (Å²) in [7, 11) is 0. The van der Waals surface area contributed by atoms with E-state index in [4.69, 9.17) is 11.6 Å². The van der Waals surface area contributed by atoms with Gasteiger partial charge in [-0.3, -0.25) is 4.79 Å². The van der Waals surface area contributed by atoms with Crippen LogP contribution in [0.15, 0.2) is 22.4 Å². The van der Waals surface area contributed by atoms with Gasteiger partial charge in [-0.1, -0.05) is 11.6 Å². The van der Waals surface area contributed by atoms with E-state index in [1.54, 1.807) is 29.2 Å². The van der Waals surface area contributed by atoms with Crippen LogP contribution in [0.1, 0.15) is 10.4 Å². The second kappa shape index (κ2) is 3.93. The monoisotopic (exact) mass is 242 g/mol. The van der Waals surface area contributed by atoms with Crippen molar-refractivity contribution in [2.75, 3.05) is 6.26 Å². The lowest BCUT2D eigenvalue weighted by Crippen LogP contribution is -1.81. The van der Waals surface area contributed by atoms with Crippen molar-refractivity contribution in [3.8, 4) is 0 Å². The number of carbonyl (C=O) groups is 1. The van der Waals surface area contributed by atoms with Gasteiger partial charge < -0.3 is 0 Å². The summed E-state index contributed by atoms with van der Waals surface area (Å²) >= 11 is 9.16. The Balaban J connectivity index is 2.85. The molecule has 14 heavy (non-hydrogen) atoms. The number of thiophene rings is 1. The lowest BCUT2D eigenvalue weighted by atomic mass is 10.1. The van der Waals surface area contributed by atoms with E-state index < -0.39 is 0 Å². The summed E-state index contributed by atoms with van der Waals surface area (Å²) in [5.41, 5.74) is 0.679. The van der Waals surface area contributed by atoms with Crippen LogP contribution in [0.25, 0.3) is 10.1 Å². The fourth-order valence-corrected chi connectivity index (χ4v) is 3.59. The molecule has 0 amide bonds. The maximum absolute atomic E-state index is 10.9. The third-order valence-corrected chi connectivity index (χ3v) is 4.04. The molecule has 4 heteroatoms. The van der Waals surface area contributed by atoms with Gasteiger partial charge in [0.15, 0.2) is 6.29 Å². The second-order valence-corrected chi connectivity index (χ2v) is 4.99. The van der Waals surface area contributed by atoms with Crippen molar-refractivity contribution in [1.29, 1.82) is 0 Å². The summed E-state index contributed by atoms with van der Waals surface area (Å²) in [4.78, 5) is 12.0. The van der Waals surface area contributed by atoms with Crippen molar-refractivity contribution < 1.29 is 4.79 Å². The van der Waals surface area contributed by atoms with Gasteiger partial charge in [0.05, 0.1) is 0 Å². The molecule has 0 radical (unpaired) electrons. The molecule has 1 aromatic heterocycles. The second-order valence-electron chi connectivity index (χ2n) is 2.79.